The number of carbonyl (C=O) groups excluding carboxylic acids is 2. The van der Waals surface area contributed by atoms with Crippen LogP contribution in [0, 0.1) is 23.6 Å². The molecule has 0 spiro atoms. The number of halogens is 1. The van der Waals surface area contributed by atoms with Gasteiger partial charge in [0.2, 0.25) is 0 Å². The Morgan fingerprint density at radius 2 is 1.93 bits per heavy atom. The molecule has 3 aliphatic carbocycles. The molecule has 0 radical (unpaired) electrons. The van der Waals surface area contributed by atoms with Crippen LogP contribution in [0.15, 0.2) is 24.3 Å². The molecule has 5 atom stereocenters. The number of fused-ring (bicyclic) bond motifs is 2. The molecule has 1 aromatic rings. The molecular formula is C24H32FNO3. The number of rotatable bonds is 6. The van der Waals surface area contributed by atoms with Crippen molar-refractivity contribution in [1.82, 2.24) is 5.32 Å². The summed E-state index contributed by atoms with van der Waals surface area (Å²) in [7, 11) is 0. The van der Waals surface area contributed by atoms with Gasteiger partial charge in [-0.25, -0.2) is 4.39 Å². The normalized spacial score (nSPS) is 29.4. The van der Waals surface area contributed by atoms with Gasteiger partial charge in [0, 0.05) is 6.04 Å². The second kappa shape index (κ2) is 8.08. The smallest absolute Gasteiger partial charge is 0.317 e. The van der Waals surface area contributed by atoms with Crippen molar-refractivity contribution in [1.29, 1.82) is 0 Å². The van der Waals surface area contributed by atoms with Crippen LogP contribution < -0.4 is 5.32 Å². The Balaban J connectivity index is 1.39. The van der Waals surface area contributed by atoms with E-state index in [4.69, 9.17) is 4.74 Å². The molecule has 1 amide bonds. The van der Waals surface area contributed by atoms with Crippen molar-refractivity contribution < 1.29 is 18.7 Å². The molecule has 3 fully saturated rings. The highest BCUT2D eigenvalue weighted by Gasteiger charge is 2.46. The zero-order valence-corrected chi connectivity index (χ0v) is 17.5. The second-order valence-electron chi connectivity index (χ2n) is 9.48. The first kappa shape index (κ1) is 20.4. The summed E-state index contributed by atoms with van der Waals surface area (Å²) in [5.74, 6) is 1.09. The molecule has 1 N–H and O–H groups in total. The van der Waals surface area contributed by atoms with Crippen LogP contribution in [0.4, 0.5) is 4.39 Å². The monoisotopic (exact) mass is 401 g/mol. The summed E-state index contributed by atoms with van der Waals surface area (Å²) >= 11 is 0. The van der Waals surface area contributed by atoms with Crippen molar-refractivity contribution >= 4 is 11.9 Å². The number of esters is 1. The number of ether oxygens (including phenoxy) is 1. The van der Waals surface area contributed by atoms with E-state index < -0.39 is 17.5 Å². The molecule has 0 unspecified atom stereocenters. The molecule has 0 heterocycles. The van der Waals surface area contributed by atoms with Crippen LogP contribution in [0.3, 0.4) is 0 Å². The maximum absolute atomic E-state index is 13.8. The number of hydrogen-bond acceptors (Lipinski definition) is 3. The molecule has 3 aliphatic rings. The molecule has 4 rings (SSSR count). The predicted octanol–water partition coefficient (Wildman–Crippen LogP) is 4.51. The molecule has 5 heteroatoms. The fraction of sp³-hybridized carbons (Fsp3) is 0.667. The third-order valence-corrected chi connectivity index (χ3v) is 7.68. The summed E-state index contributed by atoms with van der Waals surface area (Å²) in [4.78, 5) is 25.8. The van der Waals surface area contributed by atoms with Gasteiger partial charge in [0.15, 0.2) is 6.10 Å². The Hall–Kier alpha value is -1.91. The van der Waals surface area contributed by atoms with Crippen LogP contribution in [-0.4, -0.2) is 24.0 Å². The number of benzene rings is 1. The maximum atomic E-state index is 13.8. The van der Waals surface area contributed by atoms with Gasteiger partial charge in [0.1, 0.15) is 5.82 Å². The van der Waals surface area contributed by atoms with E-state index in [1.54, 1.807) is 19.1 Å². The Labute approximate surface area is 172 Å². The third kappa shape index (κ3) is 3.93. The van der Waals surface area contributed by atoms with Crippen LogP contribution >= 0.6 is 0 Å². The van der Waals surface area contributed by atoms with E-state index in [0.717, 1.165) is 24.7 Å². The molecule has 1 aromatic carbocycles. The minimum absolute atomic E-state index is 0.0996. The van der Waals surface area contributed by atoms with Crippen LogP contribution in [-0.2, 0) is 19.7 Å². The second-order valence-corrected chi connectivity index (χ2v) is 9.48. The van der Waals surface area contributed by atoms with Crippen LogP contribution in [0.5, 0.6) is 0 Å². The first-order valence-electron chi connectivity index (χ1n) is 11.2. The van der Waals surface area contributed by atoms with Crippen LogP contribution in [0.1, 0.15) is 70.8 Å². The van der Waals surface area contributed by atoms with Crippen molar-refractivity contribution in [3.63, 3.8) is 0 Å². The van der Waals surface area contributed by atoms with E-state index >= 15 is 0 Å². The van der Waals surface area contributed by atoms with Gasteiger partial charge in [0.05, 0.1) is 5.41 Å². The zero-order valence-electron chi connectivity index (χ0n) is 17.5. The van der Waals surface area contributed by atoms with Gasteiger partial charge >= 0.3 is 5.97 Å². The number of amides is 1. The molecular weight excluding hydrogens is 369 g/mol. The van der Waals surface area contributed by atoms with Crippen LogP contribution in [0.2, 0.25) is 0 Å². The van der Waals surface area contributed by atoms with Crippen molar-refractivity contribution in [3.8, 4) is 0 Å². The topological polar surface area (TPSA) is 55.4 Å². The molecule has 158 valence electrons. The number of carbonyl (C=O) groups is 2. The Morgan fingerprint density at radius 3 is 2.55 bits per heavy atom. The lowest BCUT2D eigenvalue weighted by molar-refractivity contribution is -0.160. The fourth-order valence-corrected chi connectivity index (χ4v) is 6.06. The molecule has 2 bridgehead atoms. The molecule has 29 heavy (non-hydrogen) atoms. The number of hydrogen-bond donors (Lipinski definition) is 1. The summed E-state index contributed by atoms with van der Waals surface area (Å²) in [5.41, 5.74) is -0.185. The SMILES string of the molecule is C[C@@H](OC(=O)C1(c2cccc(F)c2)CCCC1)C(=O)N[C@H](C)[C@@H]1C[C@@H]2CC[C@@H]1C2. The summed E-state index contributed by atoms with van der Waals surface area (Å²) in [5, 5.41) is 3.09. The molecule has 0 saturated heterocycles. The van der Waals surface area contributed by atoms with Gasteiger partial charge in [-0.15, -0.1) is 0 Å². The lowest BCUT2D eigenvalue weighted by Crippen LogP contribution is -2.46. The highest BCUT2D eigenvalue weighted by atomic mass is 19.1. The summed E-state index contributed by atoms with van der Waals surface area (Å²) < 4.78 is 19.4. The first-order valence-corrected chi connectivity index (χ1v) is 11.2. The van der Waals surface area contributed by atoms with Gasteiger partial charge in [-0.1, -0.05) is 31.4 Å². The Bertz CT molecular complexity index is 773. The minimum Gasteiger partial charge on any atom is -0.452 e. The predicted molar refractivity (Wildman–Crippen MR) is 109 cm³/mol. The maximum Gasteiger partial charge on any atom is 0.317 e. The minimum atomic E-state index is -0.852. The van der Waals surface area contributed by atoms with E-state index in [2.05, 4.69) is 12.2 Å². The van der Waals surface area contributed by atoms with Crippen molar-refractivity contribution in [3.05, 3.63) is 35.6 Å². The van der Waals surface area contributed by atoms with E-state index in [-0.39, 0.29) is 17.8 Å². The van der Waals surface area contributed by atoms with Crippen molar-refractivity contribution in [2.45, 2.75) is 82.8 Å². The third-order valence-electron chi connectivity index (χ3n) is 7.68. The lowest BCUT2D eigenvalue weighted by atomic mass is 9.79. The quantitative estimate of drug-likeness (QED) is 0.714. The van der Waals surface area contributed by atoms with E-state index in [9.17, 15) is 14.0 Å². The standard InChI is InChI=1S/C24H32FNO3/c1-15(21-13-17-8-9-18(21)12-17)26-22(27)16(2)29-23(28)24(10-3-4-11-24)19-6-5-7-20(25)14-19/h5-7,14-18,21H,3-4,8-13H2,1-2H3,(H,26,27)/t15-,16-,17-,18-,21+/m1/s1. The zero-order chi connectivity index (χ0) is 20.6. The summed E-state index contributed by atoms with van der Waals surface area (Å²) in [6.45, 7) is 3.71. The van der Waals surface area contributed by atoms with Gasteiger partial charge in [0.25, 0.3) is 5.91 Å². The van der Waals surface area contributed by atoms with Gasteiger partial charge < -0.3 is 10.1 Å². The lowest BCUT2D eigenvalue weighted by Gasteiger charge is -2.31. The average Bonchev–Trinajstić information content (AvgIpc) is 3.44. The average molecular weight is 402 g/mol. The van der Waals surface area contributed by atoms with Gasteiger partial charge in [-0.2, -0.15) is 0 Å². The number of nitrogens with one attached hydrogen (secondary N) is 1. The fourth-order valence-electron chi connectivity index (χ4n) is 6.06. The van der Waals surface area contributed by atoms with Crippen molar-refractivity contribution in [2.24, 2.45) is 17.8 Å². The van der Waals surface area contributed by atoms with Gasteiger partial charge in [-0.05, 0) is 81.4 Å². The Kier molecular flexibility index (Phi) is 5.67. The molecule has 0 aromatic heterocycles. The molecule has 4 nitrogen and oxygen atoms in total. The largest absolute Gasteiger partial charge is 0.452 e. The summed E-state index contributed by atoms with van der Waals surface area (Å²) in [6.07, 6.45) is 7.30. The van der Waals surface area contributed by atoms with E-state index in [1.807, 2.05) is 0 Å². The molecule has 0 aliphatic heterocycles. The van der Waals surface area contributed by atoms with Crippen molar-refractivity contribution in [2.75, 3.05) is 0 Å². The van der Waals surface area contributed by atoms with Crippen LogP contribution in [0.25, 0.3) is 0 Å². The Morgan fingerprint density at radius 1 is 1.17 bits per heavy atom. The van der Waals surface area contributed by atoms with E-state index in [0.29, 0.717) is 24.3 Å². The highest BCUT2D eigenvalue weighted by molar-refractivity contribution is 5.88. The first-order chi connectivity index (χ1) is 13.9. The summed E-state index contributed by atoms with van der Waals surface area (Å²) in [6, 6.07) is 6.32. The van der Waals surface area contributed by atoms with E-state index in [1.165, 1.54) is 37.8 Å². The highest BCUT2D eigenvalue weighted by Crippen LogP contribution is 2.49. The molecule has 3 saturated carbocycles. The van der Waals surface area contributed by atoms with Gasteiger partial charge in [-0.3, -0.25) is 9.59 Å².